The van der Waals surface area contributed by atoms with E-state index in [1.165, 1.54) is 12.1 Å². The highest BCUT2D eigenvalue weighted by Gasteiger charge is 2.28. The minimum Gasteiger partial charge on any atom is -0.382 e. The van der Waals surface area contributed by atoms with Crippen molar-refractivity contribution in [2.24, 2.45) is 4.99 Å². The van der Waals surface area contributed by atoms with Crippen LogP contribution in [0.2, 0.25) is 0 Å². The van der Waals surface area contributed by atoms with Crippen molar-refractivity contribution in [2.75, 3.05) is 5.73 Å². The molecule has 158 valence electrons. The lowest BCUT2D eigenvalue weighted by Crippen LogP contribution is -2.21. The maximum Gasteiger partial charge on any atom is 0.207 e. The Morgan fingerprint density at radius 1 is 1.23 bits per heavy atom. The molecule has 2 aromatic rings. The van der Waals surface area contributed by atoms with E-state index in [1.54, 1.807) is 6.92 Å². The average Bonchev–Trinajstić information content (AvgIpc) is 3.11. The van der Waals surface area contributed by atoms with E-state index in [0.29, 0.717) is 30.6 Å². The number of aryl methyl sites for hydroxylation is 2. The molecule has 3 N–H and O–H groups in total. The minimum absolute atomic E-state index is 0.229. The Bertz CT molecular complexity index is 970. The Morgan fingerprint density at radius 3 is 2.60 bits per heavy atom. The number of rotatable bonds is 5. The van der Waals surface area contributed by atoms with Crippen LogP contribution >= 0.6 is 0 Å². The van der Waals surface area contributed by atoms with Crippen LogP contribution in [0.1, 0.15) is 74.5 Å². The van der Waals surface area contributed by atoms with Gasteiger partial charge in [0, 0.05) is 5.71 Å². The summed E-state index contributed by atoms with van der Waals surface area (Å²) in [6, 6.07) is 4.91. The van der Waals surface area contributed by atoms with Gasteiger partial charge < -0.3 is 10.8 Å². The van der Waals surface area contributed by atoms with Gasteiger partial charge in [0.25, 0.3) is 0 Å². The fraction of sp³-hybridized carbons (Fsp3) is 0.458. The number of nitrogens with two attached hydrogens (primary N) is 1. The molecule has 0 atom stereocenters. The molecule has 1 heterocycles. The van der Waals surface area contributed by atoms with E-state index < -0.39 is 5.60 Å². The van der Waals surface area contributed by atoms with Crippen molar-refractivity contribution in [3.8, 4) is 11.8 Å². The van der Waals surface area contributed by atoms with Crippen molar-refractivity contribution in [3.63, 3.8) is 0 Å². The van der Waals surface area contributed by atoms with Crippen LogP contribution in [-0.2, 0) is 0 Å². The first-order valence-electron chi connectivity index (χ1n) is 10.5. The van der Waals surface area contributed by atoms with Gasteiger partial charge in [-0.05, 0) is 81.6 Å². The number of aliphatic imine (C=N–C) groups is 1. The highest BCUT2D eigenvalue weighted by Crippen LogP contribution is 2.29. The van der Waals surface area contributed by atoms with Crippen LogP contribution in [0.4, 0.5) is 15.9 Å². The predicted molar refractivity (Wildman–Crippen MR) is 118 cm³/mol. The van der Waals surface area contributed by atoms with E-state index >= 15 is 0 Å². The summed E-state index contributed by atoms with van der Waals surface area (Å²) in [5.41, 5.74) is 8.66. The first-order valence-corrected chi connectivity index (χ1v) is 10.5. The van der Waals surface area contributed by atoms with Gasteiger partial charge in [-0.15, -0.1) is 0 Å². The molecular weight excluding hydrogens is 379 g/mol. The van der Waals surface area contributed by atoms with E-state index in [4.69, 9.17) is 10.7 Å². The van der Waals surface area contributed by atoms with Gasteiger partial charge >= 0.3 is 0 Å². The third kappa shape index (κ3) is 5.43. The molecule has 1 aliphatic carbocycles. The highest BCUT2D eigenvalue weighted by atomic mass is 19.1. The molecule has 0 bridgehead atoms. The summed E-state index contributed by atoms with van der Waals surface area (Å²) in [5.74, 6) is 5.99. The molecule has 0 radical (unpaired) electrons. The van der Waals surface area contributed by atoms with E-state index in [1.807, 2.05) is 13.0 Å². The van der Waals surface area contributed by atoms with Crippen LogP contribution in [0, 0.1) is 31.5 Å². The number of halogens is 1. The van der Waals surface area contributed by atoms with Crippen molar-refractivity contribution < 1.29 is 9.50 Å². The van der Waals surface area contributed by atoms with E-state index in [-0.39, 0.29) is 17.5 Å². The van der Waals surface area contributed by atoms with Crippen LogP contribution in [0.15, 0.2) is 23.2 Å². The number of hydrogen-bond donors (Lipinski definition) is 2. The lowest BCUT2D eigenvalue weighted by molar-refractivity contribution is 0.110. The average molecular weight is 409 g/mol. The molecule has 0 saturated heterocycles. The number of benzene rings is 1. The molecular formula is C24H29FN4O. The van der Waals surface area contributed by atoms with E-state index in [9.17, 15) is 9.50 Å². The van der Waals surface area contributed by atoms with Gasteiger partial charge in [0.05, 0.1) is 5.69 Å². The van der Waals surface area contributed by atoms with Crippen LogP contribution < -0.4 is 5.73 Å². The van der Waals surface area contributed by atoms with Crippen molar-refractivity contribution in [2.45, 2.75) is 71.3 Å². The summed E-state index contributed by atoms with van der Waals surface area (Å²) in [7, 11) is 0. The van der Waals surface area contributed by atoms with Crippen molar-refractivity contribution in [3.05, 3.63) is 46.7 Å². The first-order chi connectivity index (χ1) is 14.3. The van der Waals surface area contributed by atoms with Gasteiger partial charge in [-0.3, -0.25) is 0 Å². The summed E-state index contributed by atoms with van der Waals surface area (Å²) >= 11 is 0. The minimum atomic E-state index is -0.953. The molecule has 30 heavy (non-hydrogen) atoms. The molecule has 1 aromatic heterocycles. The lowest BCUT2D eigenvalue weighted by atomic mass is 10.0. The number of nitrogen functional groups attached to an aromatic ring is 1. The zero-order chi connectivity index (χ0) is 21.7. The van der Waals surface area contributed by atoms with E-state index in [0.717, 1.165) is 42.5 Å². The molecule has 0 unspecified atom stereocenters. The molecule has 3 rings (SSSR count). The van der Waals surface area contributed by atoms with Crippen molar-refractivity contribution in [1.29, 1.82) is 0 Å². The standard InChI is InChI=1S/C24H29FN4O/c1-4-5-8-20(18-13-16(2)14-19(25)15-18)28-22-17(3)27-21(29-23(22)26)9-12-24(30)10-6-7-11-24/h13-15,30H,4-8,10-11H2,1-3H3,(H2,26,27,29). The third-order valence-corrected chi connectivity index (χ3v) is 5.31. The van der Waals surface area contributed by atoms with Crippen LogP contribution in [0.3, 0.4) is 0 Å². The third-order valence-electron chi connectivity index (χ3n) is 5.31. The maximum absolute atomic E-state index is 14.0. The summed E-state index contributed by atoms with van der Waals surface area (Å²) in [6.07, 6.45) is 5.91. The number of aliphatic hydroxyl groups is 1. The molecule has 1 fully saturated rings. The number of anilines is 1. The van der Waals surface area contributed by atoms with Crippen LogP contribution in [0.25, 0.3) is 0 Å². The highest BCUT2D eigenvalue weighted by molar-refractivity contribution is 6.02. The monoisotopic (exact) mass is 408 g/mol. The quantitative estimate of drug-likeness (QED) is 0.551. The largest absolute Gasteiger partial charge is 0.382 e. The smallest absolute Gasteiger partial charge is 0.207 e. The Hall–Kier alpha value is -2.78. The van der Waals surface area contributed by atoms with Gasteiger partial charge in [-0.25, -0.2) is 19.4 Å². The van der Waals surface area contributed by atoms with Gasteiger partial charge in [0.1, 0.15) is 17.1 Å². The normalized spacial score (nSPS) is 15.7. The molecule has 6 heteroatoms. The van der Waals surface area contributed by atoms with Crippen LogP contribution in [-0.4, -0.2) is 26.4 Å². The SMILES string of the molecule is CCCCC(=Nc1c(C)nc(C#CC2(O)CCCC2)nc1N)c1cc(C)cc(F)c1. The summed E-state index contributed by atoms with van der Waals surface area (Å²) in [4.78, 5) is 13.5. The number of hydrogen-bond acceptors (Lipinski definition) is 5. The second-order valence-electron chi connectivity index (χ2n) is 8.03. The molecule has 1 aliphatic rings. The Morgan fingerprint density at radius 2 is 1.97 bits per heavy atom. The Kier molecular flexibility index (Phi) is 6.84. The summed E-state index contributed by atoms with van der Waals surface area (Å²) in [6.45, 7) is 5.77. The van der Waals surface area contributed by atoms with Crippen molar-refractivity contribution in [1.82, 2.24) is 9.97 Å². The van der Waals surface area contributed by atoms with E-state index in [2.05, 4.69) is 28.7 Å². The Labute approximate surface area is 177 Å². The zero-order valence-corrected chi connectivity index (χ0v) is 17.9. The number of nitrogens with zero attached hydrogens (tertiary/aromatic N) is 3. The van der Waals surface area contributed by atoms with Gasteiger partial charge in [0.2, 0.25) is 5.82 Å². The second kappa shape index (κ2) is 9.36. The van der Waals surface area contributed by atoms with Crippen molar-refractivity contribution >= 4 is 17.2 Å². The first kappa shape index (κ1) is 21.9. The molecule has 1 aromatic carbocycles. The topological polar surface area (TPSA) is 84.4 Å². The fourth-order valence-electron chi connectivity index (χ4n) is 3.69. The summed E-state index contributed by atoms with van der Waals surface area (Å²) < 4.78 is 14.0. The maximum atomic E-state index is 14.0. The predicted octanol–water partition coefficient (Wildman–Crippen LogP) is 4.78. The molecule has 5 nitrogen and oxygen atoms in total. The molecule has 0 spiro atoms. The zero-order valence-electron chi connectivity index (χ0n) is 17.9. The molecule has 0 aliphatic heterocycles. The van der Waals surface area contributed by atoms with Gasteiger partial charge in [-0.1, -0.05) is 25.3 Å². The lowest BCUT2D eigenvalue weighted by Gasteiger charge is -2.13. The summed E-state index contributed by atoms with van der Waals surface area (Å²) in [5, 5.41) is 10.4. The number of aromatic nitrogens is 2. The van der Waals surface area contributed by atoms with Gasteiger partial charge in [-0.2, -0.15) is 0 Å². The molecule has 0 amide bonds. The van der Waals surface area contributed by atoms with Gasteiger partial charge in [0.15, 0.2) is 5.82 Å². The Balaban J connectivity index is 1.97. The second-order valence-corrected chi connectivity index (χ2v) is 8.03. The fourth-order valence-corrected chi connectivity index (χ4v) is 3.69. The molecule has 1 saturated carbocycles. The number of unbranched alkanes of at least 4 members (excludes halogenated alkanes) is 1. The van der Waals surface area contributed by atoms with Crippen LogP contribution in [0.5, 0.6) is 0 Å².